The van der Waals surface area contributed by atoms with Gasteiger partial charge in [0.25, 0.3) is 10.0 Å². The van der Waals surface area contributed by atoms with Gasteiger partial charge in [0.2, 0.25) is 17.7 Å². The second-order valence-corrected chi connectivity index (χ2v) is 13.4. The molecule has 1 aromatic carbocycles. The molecule has 232 valence electrons. The maximum atomic E-state index is 14.5. The Hall–Kier alpha value is -4.65. The highest BCUT2D eigenvalue weighted by Gasteiger charge is 2.48. The molecule has 0 saturated heterocycles. The lowest BCUT2D eigenvalue weighted by Gasteiger charge is -2.47. The number of nitrogens with zero attached hydrogens (tertiary/aromatic N) is 5. The largest absolute Gasteiger partial charge is 0.466 e. The molecule has 0 radical (unpaired) electrons. The Morgan fingerprint density at radius 3 is 2.44 bits per heavy atom. The topological polar surface area (TPSA) is 142 Å². The van der Waals surface area contributed by atoms with Gasteiger partial charge in [0, 0.05) is 23.2 Å². The fraction of sp³-hybridized carbons (Fsp3) is 0.344. The van der Waals surface area contributed by atoms with Gasteiger partial charge in [-0.2, -0.15) is 14.4 Å². The molecule has 0 amide bonds. The van der Waals surface area contributed by atoms with E-state index in [1.807, 2.05) is 6.92 Å². The SMILES string of the molecule is CCOC(=O)[C@H]1C2CCC(CC2)[C@@H]1Nc1nc(-c2ccco2)nc(-c2cn(S(=O)(=O)c3ccc(C)cc3)c3nc(F)ccc23)n1. The number of esters is 1. The van der Waals surface area contributed by atoms with Crippen molar-refractivity contribution in [2.24, 2.45) is 17.8 Å². The third-order valence-corrected chi connectivity index (χ3v) is 10.5. The maximum Gasteiger partial charge on any atom is 0.311 e. The summed E-state index contributed by atoms with van der Waals surface area (Å²) in [6.45, 7) is 3.95. The third-order valence-electron chi connectivity index (χ3n) is 8.86. The molecule has 1 N–H and O–H groups in total. The van der Waals surface area contributed by atoms with Gasteiger partial charge in [0.1, 0.15) is 0 Å². The molecular formula is C32H31FN6O5S. The van der Waals surface area contributed by atoms with Gasteiger partial charge in [-0.15, -0.1) is 0 Å². The fourth-order valence-corrected chi connectivity index (χ4v) is 8.02. The zero-order chi connectivity index (χ0) is 31.3. The summed E-state index contributed by atoms with van der Waals surface area (Å²) in [6.07, 6.45) is 6.72. The number of aromatic nitrogens is 5. The Bertz CT molecular complexity index is 1990. The predicted octanol–water partition coefficient (Wildman–Crippen LogP) is 5.61. The summed E-state index contributed by atoms with van der Waals surface area (Å²) >= 11 is 0. The smallest absolute Gasteiger partial charge is 0.311 e. The number of benzene rings is 1. The lowest BCUT2D eigenvalue weighted by molar-refractivity contribution is -0.154. The first kappa shape index (κ1) is 29.1. The van der Waals surface area contributed by atoms with Gasteiger partial charge in [-0.1, -0.05) is 17.7 Å². The second-order valence-electron chi connectivity index (χ2n) is 11.6. The zero-order valence-corrected chi connectivity index (χ0v) is 25.5. The first-order chi connectivity index (χ1) is 21.7. The molecule has 4 heterocycles. The molecule has 11 nitrogen and oxygen atoms in total. The number of ether oxygens (including phenoxy) is 1. The Kier molecular flexibility index (Phi) is 7.35. The number of nitrogens with one attached hydrogen (secondary N) is 1. The van der Waals surface area contributed by atoms with Gasteiger partial charge in [-0.3, -0.25) is 4.79 Å². The highest BCUT2D eigenvalue weighted by atomic mass is 32.2. The average molecular weight is 631 g/mol. The molecule has 4 aromatic heterocycles. The van der Waals surface area contributed by atoms with E-state index >= 15 is 0 Å². The van der Waals surface area contributed by atoms with Gasteiger partial charge < -0.3 is 14.5 Å². The van der Waals surface area contributed by atoms with Crippen molar-refractivity contribution in [3.63, 3.8) is 0 Å². The van der Waals surface area contributed by atoms with Gasteiger partial charge in [0.15, 0.2) is 17.2 Å². The van der Waals surface area contributed by atoms with Gasteiger partial charge in [0.05, 0.1) is 23.7 Å². The van der Waals surface area contributed by atoms with Gasteiger partial charge >= 0.3 is 5.97 Å². The average Bonchev–Trinajstić information content (AvgIpc) is 3.71. The van der Waals surface area contributed by atoms with E-state index in [2.05, 4.69) is 20.3 Å². The van der Waals surface area contributed by atoms with Crippen LogP contribution in [0.3, 0.4) is 0 Å². The van der Waals surface area contributed by atoms with E-state index in [-0.39, 0.29) is 57.9 Å². The van der Waals surface area contributed by atoms with Crippen molar-refractivity contribution >= 4 is 33.0 Å². The number of carbonyl (C=O) groups is 1. The summed E-state index contributed by atoms with van der Waals surface area (Å²) in [5, 5.41) is 3.76. The molecule has 45 heavy (non-hydrogen) atoms. The second kappa shape index (κ2) is 11.4. The summed E-state index contributed by atoms with van der Waals surface area (Å²) in [4.78, 5) is 31.1. The van der Waals surface area contributed by atoms with Crippen molar-refractivity contribution < 1.29 is 26.8 Å². The monoisotopic (exact) mass is 630 g/mol. The van der Waals surface area contributed by atoms with Crippen LogP contribution in [-0.2, 0) is 19.6 Å². The lowest BCUT2D eigenvalue weighted by atomic mass is 9.61. The minimum Gasteiger partial charge on any atom is -0.466 e. The molecule has 0 unspecified atom stereocenters. The van der Waals surface area contributed by atoms with Crippen LogP contribution in [0.5, 0.6) is 0 Å². The molecule has 0 aliphatic heterocycles. The van der Waals surface area contributed by atoms with E-state index < -0.39 is 16.0 Å². The zero-order valence-electron chi connectivity index (χ0n) is 24.7. The van der Waals surface area contributed by atoms with Crippen molar-refractivity contribution in [3.8, 4) is 23.0 Å². The van der Waals surface area contributed by atoms with Crippen LogP contribution in [0.2, 0.25) is 0 Å². The minimum atomic E-state index is -4.17. The molecule has 2 bridgehead atoms. The lowest BCUT2D eigenvalue weighted by Crippen LogP contribution is -2.52. The Balaban J connectivity index is 1.36. The fourth-order valence-electron chi connectivity index (χ4n) is 6.70. The maximum absolute atomic E-state index is 14.5. The number of fused-ring (bicyclic) bond motifs is 4. The molecule has 13 heteroatoms. The summed E-state index contributed by atoms with van der Waals surface area (Å²) in [6, 6.07) is 12.1. The molecule has 8 rings (SSSR count). The first-order valence-corrected chi connectivity index (χ1v) is 16.4. The van der Waals surface area contributed by atoms with Crippen LogP contribution in [0, 0.1) is 30.6 Å². The van der Waals surface area contributed by atoms with Crippen LogP contribution < -0.4 is 5.32 Å². The molecule has 3 saturated carbocycles. The number of halogens is 1. The summed E-state index contributed by atoms with van der Waals surface area (Å²) in [5.74, 6) is -0.0827. The first-order valence-electron chi connectivity index (χ1n) is 15.0. The van der Waals surface area contributed by atoms with Crippen LogP contribution >= 0.6 is 0 Å². The molecular weight excluding hydrogens is 599 g/mol. The Morgan fingerprint density at radius 2 is 1.73 bits per heavy atom. The summed E-state index contributed by atoms with van der Waals surface area (Å²) < 4.78 is 54.1. The van der Waals surface area contributed by atoms with Crippen molar-refractivity contribution in [2.75, 3.05) is 11.9 Å². The molecule has 3 aliphatic carbocycles. The van der Waals surface area contributed by atoms with E-state index in [1.165, 1.54) is 30.7 Å². The van der Waals surface area contributed by atoms with Gasteiger partial charge in [-0.05, 0) is 87.8 Å². The van der Waals surface area contributed by atoms with Crippen molar-refractivity contribution in [1.82, 2.24) is 23.9 Å². The molecule has 2 atom stereocenters. The molecule has 3 fully saturated rings. The van der Waals surface area contributed by atoms with E-state index in [0.29, 0.717) is 23.3 Å². The molecule has 5 aromatic rings. The standard InChI is InChI=1S/C32H31FN6O5S/c1-3-43-31(40)26-19-8-10-20(11-9-19)27(26)35-32-37-28(36-29(38-32)24-5-4-16-44-24)23-17-39(30-22(23)14-15-25(33)34-30)45(41,42)21-12-6-18(2)7-13-21/h4-7,12-17,19-20,26-27H,3,8-11H2,1-2H3,(H,35,36,37,38)/t19?,20?,26-,27-/m0/s1. The highest BCUT2D eigenvalue weighted by molar-refractivity contribution is 7.90. The van der Waals surface area contributed by atoms with E-state index in [4.69, 9.17) is 14.1 Å². The van der Waals surface area contributed by atoms with Crippen LogP contribution in [-0.4, -0.2) is 50.9 Å². The van der Waals surface area contributed by atoms with Crippen molar-refractivity contribution in [3.05, 3.63) is 72.5 Å². The highest BCUT2D eigenvalue weighted by Crippen LogP contribution is 2.46. The van der Waals surface area contributed by atoms with Crippen LogP contribution in [0.1, 0.15) is 38.2 Å². The quantitative estimate of drug-likeness (QED) is 0.170. The van der Waals surface area contributed by atoms with E-state index in [0.717, 1.165) is 41.3 Å². The summed E-state index contributed by atoms with van der Waals surface area (Å²) in [7, 11) is -4.17. The predicted molar refractivity (Wildman–Crippen MR) is 163 cm³/mol. The Labute approximate surface area is 258 Å². The van der Waals surface area contributed by atoms with Gasteiger partial charge in [-0.25, -0.2) is 22.4 Å². The van der Waals surface area contributed by atoms with E-state index in [1.54, 1.807) is 31.2 Å². The third kappa shape index (κ3) is 5.24. The van der Waals surface area contributed by atoms with Crippen LogP contribution in [0.25, 0.3) is 34.0 Å². The van der Waals surface area contributed by atoms with Crippen molar-refractivity contribution in [2.45, 2.75) is 50.5 Å². The Morgan fingerprint density at radius 1 is 1.00 bits per heavy atom. The van der Waals surface area contributed by atoms with E-state index in [9.17, 15) is 17.6 Å². The van der Waals surface area contributed by atoms with Crippen molar-refractivity contribution in [1.29, 1.82) is 0 Å². The number of carbonyl (C=O) groups excluding carboxylic acids is 1. The number of aryl methyl sites for hydroxylation is 1. The normalized spacial score (nSPS) is 21.2. The van der Waals surface area contributed by atoms with Crippen LogP contribution in [0.4, 0.5) is 10.3 Å². The number of hydrogen-bond acceptors (Lipinski definition) is 10. The number of pyridine rings is 1. The minimum absolute atomic E-state index is 0.0225. The van der Waals surface area contributed by atoms with Crippen LogP contribution in [0.15, 0.2) is 70.3 Å². The number of hydrogen-bond donors (Lipinski definition) is 1. The number of anilines is 1. The number of rotatable bonds is 8. The molecule has 3 aliphatic rings. The molecule has 0 spiro atoms. The number of furan rings is 1. The summed E-state index contributed by atoms with van der Waals surface area (Å²) in [5.41, 5.74) is 1.09.